The minimum absolute atomic E-state index is 0.0229. The van der Waals surface area contributed by atoms with Crippen LogP contribution in [0.2, 0.25) is 0 Å². The molecule has 1 aromatic rings. The van der Waals surface area contributed by atoms with Gasteiger partial charge in [-0.2, -0.15) is 0 Å². The Kier molecular flexibility index (Phi) is 4.09. The van der Waals surface area contributed by atoms with E-state index in [1.165, 1.54) is 12.1 Å². The molecule has 0 amide bonds. The second kappa shape index (κ2) is 5.45. The van der Waals surface area contributed by atoms with Crippen molar-refractivity contribution in [3.05, 3.63) is 29.3 Å². The van der Waals surface area contributed by atoms with Gasteiger partial charge in [0.2, 0.25) is 0 Å². The van der Waals surface area contributed by atoms with E-state index in [9.17, 15) is 8.78 Å². The molecule has 1 fully saturated rings. The second-order valence-electron chi connectivity index (χ2n) is 5.62. The summed E-state index contributed by atoms with van der Waals surface area (Å²) in [5.74, 6) is -0.894. The molecule has 0 bridgehead atoms. The smallest absolute Gasteiger partial charge is 0.152 e. The van der Waals surface area contributed by atoms with Crippen molar-refractivity contribution in [2.45, 2.75) is 45.8 Å². The summed E-state index contributed by atoms with van der Waals surface area (Å²) in [4.78, 5) is 1.76. The van der Waals surface area contributed by atoms with E-state index in [1.807, 2.05) is 27.7 Å². The van der Waals surface area contributed by atoms with E-state index in [4.69, 9.17) is 4.74 Å². The Morgan fingerprint density at radius 3 is 2.26 bits per heavy atom. The van der Waals surface area contributed by atoms with Crippen LogP contribution < -0.4 is 4.90 Å². The van der Waals surface area contributed by atoms with Crippen LogP contribution >= 0.6 is 0 Å². The monoisotopic (exact) mass is 269 g/mol. The van der Waals surface area contributed by atoms with Crippen molar-refractivity contribution in [3.8, 4) is 0 Å². The third-order valence-electron chi connectivity index (χ3n) is 3.45. The molecule has 106 valence electrons. The molecular weight excluding hydrogens is 248 g/mol. The Morgan fingerprint density at radius 1 is 1.16 bits per heavy atom. The first-order chi connectivity index (χ1) is 8.90. The zero-order valence-electron chi connectivity index (χ0n) is 11.9. The Hall–Kier alpha value is -1.16. The van der Waals surface area contributed by atoms with E-state index in [0.29, 0.717) is 18.7 Å². The quantitative estimate of drug-likeness (QED) is 0.811. The van der Waals surface area contributed by atoms with E-state index in [1.54, 1.807) is 4.90 Å². The maximum atomic E-state index is 14.5. The highest BCUT2D eigenvalue weighted by Crippen LogP contribution is 2.31. The molecule has 0 spiro atoms. The van der Waals surface area contributed by atoms with Crippen LogP contribution in [-0.2, 0) is 4.74 Å². The van der Waals surface area contributed by atoms with Crippen LogP contribution in [0.5, 0.6) is 0 Å². The zero-order valence-corrected chi connectivity index (χ0v) is 11.9. The van der Waals surface area contributed by atoms with E-state index < -0.39 is 11.6 Å². The van der Waals surface area contributed by atoms with Crippen LogP contribution in [0.1, 0.15) is 39.2 Å². The van der Waals surface area contributed by atoms with Gasteiger partial charge in [-0.25, -0.2) is 8.78 Å². The number of nitrogens with zero attached hydrogens (tertiary/aromatic N) is 1. The highest BCUT2D eigenvalue weighted by atomic mass is 19.1. The fourth-order valence-corrected chi connectivity index (χ4v) is 2.65. The van der Waals surface area contributed by atoms with Crippen molar-refractivity contribution in [2.24, 2.45) is 0 Å². The average molecular weight is 269 g/mol. The molecular formula is C15H21F2NO. The van der Waals surface area contributed by atoms with E-state index in [2.05, 4.69) is 0 Å². The molecule has 0 radical (unpaired) electrons. The molecule has 2 rings (SSSR count). The number of hydrogen-bond acceptors (Lipinski definition) is 2. The lowest BCUT2D eigenvalue weighted by molar-refractivity contribution is -0.00559. The first kappa shape index (κ1) is 14.3. The maximum absolute atomic E-state index is 14.5. The Bertz CT molecular complexity index is 452. The maximum Gasteiger partial charge on any atom is 0.152 e. The van der Waals surface area contributed by atoms with Crippen molar-refractivity contribution in [1.82, 2.24) is 0 Å². The summed E-state index contributed by atoms with van der Waals surface area (Å²) in [5.41, 5.74) is 0.649. The van der Waals surface area contributed by atoms with Crippen molar-refractivity contribution < 1.29 is 13.5 Å². The summed E-state index contributed by atoms with van der Waals surface area (Å²) in [7, 11) is 0. The fraction of sp³-hybridized carbons (Fsp3) is 0.600. The van der Waals surface area contributed by atoms with Gasteiger partial charge in [-0.15, -0.1) is 0 Å². The number of benzene rings is 1. The summed E-state index contributed by atoms with van der Waals surface area (Å²) in [5, 5.41) is 0. The van der Waals surface area contributed by atoms with Gasteiger partial charge in [-0.05, 0) is 31.4 Å². The van der Waals surface area contributed by atoms with Gasteiger partial charge >= 0.3 is 0 Å². The lowest BCUT2D eigenvalue weighted by Crippen LogP contribution is -2.46. The minimum atomic E-state index is -0.497. The normalized spacial score (nSPS) is 24.1. The molecule has 1 aliphatic rings. The van der Waals surface area contributed by atoms with Gasteiger partial charge in [0, 0.05) is 13.1 Å². The first-order valence-corrected chi connectivity index (χ1v) is 6.78. The number of morpholine rings is 1. The van der Waals surface area contributed by atoms with Crippen LogP contribution in [0.3, 0.4) is 0 Å². The summed E-state index contributed by atoms with van der Waals surface area (Å²) in [6.07, 6.45) is -0.0458. The molecule has 0 aliphatic carbocycles. The summed E-state index contributed by atoms with van der Waals surface area (Å²) in [6, 6.07) is 2.89. The van der Waals surface area contributed by atoms with Crippen LogP contribution in [0.15, 0.2) is 12.1 Å². The number of hydrogen-bond donors (Lipinski definition) is 0. The van der Waals surface area contributed by atoms with Gasteiger partial charge in [0.25, 0.3) is 0 Å². The van der Waals surface area contributed by atoms with Crippen LogP contribution in [0.4, 0.5) is 14.5 Å². The predicted octanol–water partition coefficient (Wildman–Crippen LogP) is 3.70. The van der Waals surface area contributed by atoms with Gasteiger partial charge in [0.05, 0.1) is 12.2 Å². The van der Waals surface area contributed by atoms with Gasteiger partial charge < -0.3 is 9.64 Å². The van der Waals surface area contributed by atoms with E-state index in [0.717, 1.165) is 0 Å². The Labute approximate surface area is 113 Å². The molecule has 0 N–H and O–H groups in total. The highest BCUT2D eigenvalue weighted by molar-refractivity contribution is 5.53. The van der Waals surface area contributed by atoms with Gasteiger partial charge in [0.1, 0.15) is 11.5 Å². The summed E-state index contributed by atoms with van der Waals surface area (Å²) in [6.45, 7) is 8.68. The topological polar surface area (TPSA) is 12.5 Å². The van der Waals surface area contributed by atoms with Crippen molar-refractivity contribution in [1.29, 1.82) is 0 Å². The third kappa shape index (κ3) is 2.89. The molecule has 1 aliphatic heterocycles. The fourth-order valence-electron chi connectivity index (χ4n) is 2.65. The van der Waals surface area contributed by atoms with Crippen molar-refractivity contribution in [3.63, 3.8) is 0 Å². The van der Waals surface area contributed by atoms with E-state index >= 15 is 0 Å². The van der Waals surface area contributed by atoms with Crippen LogP contribution in [0.25, 0.3) is 0 Å². The number of rotatable bonds is 2. The molecule has 1 saturated heterocycles. The molecule has 4 heteroatoms. The van der Waals surface area contributed by atoms with Gasteiger partial charge in [0.15, 0.2) is 5.82 Å². The molecule has 2 unspecified atom stereocenters. The standard InChI is InChI=1S/C15H21F2NO/c1-9(2)12-5-6-13(16)15(14(12)17)18-7-10(3)19-11(4)8-18/h5-6,9-11H,7-8H2,1-4H3. The summed E-state index contributed by atoms with van der Waals surface area (Å²) < 4.78 is 34.1. The number of anilines is 1. The highest BCUT2D eigenvalue weighted by Gasteiger charge is 2.27. The second-order valence-corrected chi connectivity index (χ2v) is 5.62. The lowest BCUT2D eigenvalue weighted by Gasteiger charge is -2.37. The van der Waals surface area contributed by atoms with Crippen molar-refractivity contribution in [2.75, 3.05) is 18.0 Å². The Balaban J connectivity index is 2.40. The summed E-state index contributed by atoms with van der Waals surface area (Å²) >= 11 is 0. The molecule has 2 atom stereocenters. The first-order valence-electron chi connectivity index (χ1n) is 6.78. The van der Waals surface area contributed by atoms with Gasteiger partial charge in [-0.1, -0.05) is 19.9 Å². The minimum Gasteiger partial charge on any atom is -0.372 e. The zero-order chi connectivity index (χ0) is 14.2. The molecule has 1 aromatic carbocycles. The van der Waals surface area contributed by atoms with Crippen molar-refractivity contribution >= 4 is 5.69 Å². The van der Waals surface area contributed by atoms with Crippen LogP contribution in [-0.4, -0.2) is 25.3 Å². The number of ether oxygens (including phenoxy) is 1. The molecule has 19 heavy (non-hydrogen) atoms. The molecule has 2 nitrogen and oxygen atoms in total. The largest absolute Gasteiger partial charge is 0.372 e. The number of halogens is 2. The molecule has 0 saturated carbocycles. The predicted molar refractivity (Wildman–Crippen MR) is 72.7 cm³/mol. The SMILES string of the molecule is CC1CN(c2c(F)ccc(C(C)C)c2F)CC(C)O1. The van der Waals surface area contributed by atoms with Gasteiger partial charge in [-0.3, -0.25) is 0 Å². The van der Waals surface area contributed by atoms with E-state index in [-0.39, 0.29) is 23.8 Å². The average Bonchev–Trinajstić information content (AvgIpc) is 2.26. The third-order valence-corrected chi connectivity index (χ3v) is 3.45. The Morgan fingerprint density at radius 2 is 1.74 bits per heavy atom. The lowest BCUT2D eigenvalue weighted by atomic mass is 10.0. The van der Waals surface area contributed by atoms with Crippen LogP contribution in [0, 0.1) is 11.6 Å². The molecule has 0 aromatic heterocycles. The molecule has 1 heterocycles.